The first-order valence-electron chi connectivity index (χ1n) is 9.11. The molecule has 2 heterocycles. The van der Waals surface area contributed by atoms with Crippen LogP contribution in [0.2, 0.25) is 0 Å². The molecule has 0 amide bonds. The summed E-state index contributed by atoms with van der Waals surface area (Å²) in [7, 11) is 0. The molecule has 3 N–H and O–H groups in total. The SMILES string of the molecule is NC1CCC(Oc2cccc3nc(Nc4ccc(C(F)(F)F)cc4)nn23)CC1. The number of ether oxygens (including phenoxy) is 1. The second-order valence-corrected chi connectivity index (χ2v) is 6.92. The van der Waals surface area contributed by atoms with Gasteiger partial charge in [-0.2, -0.15) is 22.7 Å². The molecule has 3 aromatic rings. The highest BCUT2D eigenvalue weighted by Gasteiger charge is 2.30. The first-order valence-corrected chi connectivity index (χ1v) is 9.11. The van der Waals surface area contributed by atoms with Crippen molar-refractivity contribution >= 4 is 17.3 Å². The first-order chi connectivity index (χ1) is 13.4. The van der Waals surface area contributed by atoms with Gasteiger partial charge in [0.2, 0.25) is 11.8 Å². The van der Waals surface area contributed by atoms with Gasteiger partial charge in [-0.25, -0.2) is 0 Å². The molecule has 1 aliphatic carbocycles. The van der Waals surface area contributed by atoms with Crippen molar-refractivity contribution < 1.29 is 17.9 Å². The summed E-state index contributed by atoms with van der Waals surface area (Å²) in [5.41, 5.74) is 6.28. The molecule has 9 heteroatoms. The predicted octanol–water partition coefficient (Wildman–Crippen LogP) is 4.14. The van der Waals surface area contributed by atoms with Crippen LogP contribution in [0.1, 0.15) is 31.2 Å². The van der Waals surface area contributed by atoms with Crippen LogP contribution in [0.25, 0.3) is 5.65 Å². The zero-order valence-electron chi connectivity index (χ0n) is 15.0. The van der Waals surface area contributed by atoms with E-state index < -0.39 is 11.7 Å². The van der Waals surface area contributed by atoms with Crippen LogP contribution in [0.3, 0.4) is 0 Å². The molecule has 4 rings (SSSR count). The van der Waals surface area contributed by atoms with E-state index in [2.05, 4.69) is 15.4 Å². The summed E-state index contributed by atoms with van der Waals surface area (Å²) in [5.74, 6) is 0.854. The summed E-state index contributed by atoms with van der Waals surface area (Å²) in [6.07, 6.45) is -0.640. The van der Waals surface area contributed by atoms with Gasteiger partial charge >= 0.3 is 6.18 Å². The van der Waals surface area contributed by atoms with Crippen LogP contribution >= 0.6 is 0 Å². The number of rotatable bonds is 4. The molecule has 2 aromatic heterocycles. The Bertz CT molecular complexity index is 946. The van der Waals surface area contributed by atoms with Crippen molar-refractivity contribution in [2.45, 2.75) is 44.0 Å². The van der Waals surface area contributed by atoms with Gasteiger partial charge in [0.15, 0.2) is 5.65 Å². The van der Waals surface area contributed by atoms with Gasteiger partial charge in [0.05, 0.1) is 5.56 Å². The number of anilines is 2. The van der Waals surface area contributed by atoms with Gasteiger partial charge < -0.3 is 15.8 Å². The Kier molecular flexibility index (Phi) is 4.84. The number of nitrogens with zero attached hydrogens (tertiary/aromatic N) is 3. The lowest BCUT2D eigenvalue weighted by atomic mass is 9.94. The van der Waals surface area contributed by atoms with Crippen LogP contribution in [0.4, 0.5) is 24.8 Å². The highest BCUT2D eigenvalue weighted by atomic mass is 19.4. The van der Waals surface area contributed by atoms with E-state index in [9.17, 15) is 13.2 Å². The maximum Gasteiger partial charge on any atom is 0.416 e. The minimum Gasteiger partial charge on any atom is -0.474 e. The van der Waals surface area contributed by atoms with Crippen molar-refractivity contribution in [1.82, 2.24) is 14.6 Å². The summed E-state index contributed by atoms with van der Waals surface area (Å²) in [6, 6.07) is 10.4. The molecule has 0 radical (unpaired) electrons. The number of nitrogens with one attached hydrogen (secondary N) is 1. The van der Waals surface area contributed by atoms with Crippen LogP contribution in [0.5, 0.6) is 5.88 Å². The fourth-order valence-corrected chi connectivity index (χ4v) is 3.27. The van der Waals surface area contributed by atoms with E-state index >= 15 is 0 Å². The molecule has 0 atom stereocenters. The summed E-state index contributed by atoms with van der Waals surface area (Å²) < 4.78 is 45.7. The molecule has 1 fully saturated rings. The Hall–Kier alpha value is -2.81. The minimum absolute atomic E-state index is 0.0842. The van der Waals surface area contributed by atoms with Gasteiger partial charge in [0.25, 0.3) is 0 Å². The maximum atomic E-state index is 12.7. The van der Waals surface area contributed by atoms with Crippen molar-refractivity contribution in [3.05, 3.63) is 48.0 Å². The lowest BCUT2D eigenvalue weighted by Gasteiger charge is -2.26. The Morgan fingerprint density at radius 1 is 1.04 bits per heavy atom. The number of hydrogen-bond donors (Lipinski definition) is 2. The van der Waals surface area contributed by atoms with Crippen molar-refractivity contribution in [2.24, 2.45) is 5.73 Å². The molecule has 1 saturated carbocycles. The van der Waals surface area contributed by atoms with Gasteiger partial charge in [-0.05, 0) is 56.0 Å². The Morgan fingerprint density at radius 2 is 1.75 bits per heavy atom. The fraction of sp³-hybridized carbons (Fsp3) is 0.368. The molecule has 28 heavy (non-hydrogen) atoms. The summed E-state index contributed by atoms with van der Waals surface area (Å²) in [5, 5.41) is 7.31. The lowest BCUT2D eigenvalue weighted by Crippen LogP contribution is -2.32. The average Bonchev–Trinajstić information content (AvgIpc) is 3.07. The molecule has 0 aliphatic heterocycles. The van der Waals surface area contributed by atoms with E-state index in [0.29, 0.717) is 17.2 Å². The van der Waals surface area contributed by atoms with Gasteiger partial charge in [-0.15, -0.1) is 5.10 Å². The number of aromatic nitrogens is 3. The molecule has 6 nitrogen and oxygen atoms in total. The fourth-order valence-electron chi connectivity index (χ4n) is 3.27. The van der Waals surface area contributed by atoms with Crippen molar-refractivity contribution in [2.75, 3.05) is 5.32 Å². The predicted molar refractivity (Wildman–Crippen MR) is 98.6 cm³/mol. The Morgan fingerprint density at radius 3 is 2.43 bits per heavy atom. The normalized spacial score (nSPS) is 20.3. The molecule has 0 spiro atoms. The van der Waals surface area contributed by atoms with Crippen LogP contribution in [-0.4, -0.2) is 26.7 Å². The third kappa shape index (κ3) is 4.04. The topological polar surface area (TPSA) is 77.5 Å². The third-order valence-corrected chi connectivity index (χ3v) is 4.80. The highest BCUT2D eigenvalue weighted by Crippen LogP contribution is 2.30. The van der Waals surface area contributed by atoms with Gasteiger partial charge in [0, 0.05) is 17.8 Å². The number of nitrogens with two attached hydrogens (primary N) is 1. The maximum absolute atomic E-state index is 12.7. The number of halogens is 3. The molecular formula is C19H20F3N5O. The smallest absolute Gasteiger partial charge is 0.416 e. The van der Waals surface area contributed by atoms with Crippen molar-refractivity contribution in [3.8, 4) is 5.88 Å². The molecule has 0 bridgehead atoms. The average molecular weight is 391 g/mol. The molecule has 0 unspecified atom stereocenters. The van der Waals surface area contributed by atoms with E-state index in [4.69, 9.17) is 10.5 Å². The van der Waals surface area contributed by atoms with Gasteiger partial charge in [-0.1, -0.05) is 6.07 Å². The third-order valence-electron chi connectivity index (χ3n) is 4.80. The molecule has 148 valence electrons. The molecule has 1 aliphatic rings. The zero-order valence-corrected chi connectivity index (χ0v) is 15.0. The van der Waals surface area contributed by atoms with Crippen molar-refractivity contribution in [3.63, 3.8) is 0 Å². The number of benzene rings is 1. The summed E-state index contributed by atoms with van der Waals surface area (Å²) in [6.45, 7) is 0. The molecule has 0 saturated heterocycles. The van der Waals surface area contributed by atoms with Crippen LogP contribution in [0.15, 0.2) is 42.5 Å². The highest BCUT2D eigenvalue weighted by molar-refractivity contribution is 5.56. The molecular weight excluding hydrogens is 371 g/mol. The van der Waals surface area contributed by atoms with E-state index in [1.54, 1.807) is 10.6 Å². The Labute approximate surface area is 159 Å². The number of pyridine rings is 1. The monoisotopic (exact) mass is 391 g/mol. The minimum atomic E-state index is -4.37. The van der Waals surface area contributed by atoms with E-state index in [1.165, 1.54) is 12.1 Å². The molecule has 1 aromatic carbocycles. The summed E-state index contributed by atoms with van der Waals surface area (Å²) in [4.78, 5) is 4.36. The van der Waals surface area contributed by atoms with E-state index in [0.717, 1.165) is 37.8 Å². The second-order valence-electron chi connectivity index (χ2n) is 6.92. The zero-order chi connectivity index (χ0) is 19.7. The van der Waals surface area contributed by atoms with Crippen LogP contribution in [-0.2, 0) is 6.18 Å². The quantitative estimate of drug-likeness (QED) is 0.699. The van der Waals surface area contributed by atoms with Crippen LogP contribution in [0, 0.1) is 0 Å². The van der Waals surface area contributed by atoms with E-state index in [-0.39, 0.29) is 18.1 Å². The number of alkyl halides is 3. The van der Waals surface area contributed by atoms with Crippen LogP contribution < -0.4 is 15.8 Å². The number of fused-ring (bicyclic) bond motifs is 1. The Balaban J connectivity index is 1.51. The first kappa shape index (κ1) is 18.5. The van der Waals surface area contributed by atoms with Crippen molar-refractivity contribution in [1.29, 1.82) is 0 Å². The van der Waals surface area contributed by atoms with E-state index in [1.807, 2.05) is 12.1 Å². The summed E-state index contributed by atoms with van der Waals surface area (Å²) >= 11 is 0. The lowest BCUT2D eigenvalue weighted by molar-refractivity contribution is -0.137. The van der Waals surface area contributed by atoms with Gasteiger partial charge in [-0.3, -0.25) is 0 Å². The number of hydrogen-bond acceptors (Lipinski definition) is 5. The standard InChI is InChI=1S/C19H20F3N5O/c20-19(21,22)12-4-8-14(9-5-12)24-18-25-16-2-1-3-17(27(16)26-18)28-15-10-6-13(23)7-11-15/h1-5,8-9,13,15H,6-7,10-11,23H2,(H,24,26). The largest absolute Gasteiger partial charge is 0.474 e. The second kappa shape index (κ2) is 7.31. The van der Waals surface area contributed by atoms with Gasteiger partial charge in [0.1, 0.15) is 6.10 Å².